The largest absolute Gasteiger partial charge is 0.493 e. The van der Waals surface area contributed by atoms with Crippen molar-refractivity contribution in [1.29, 1.82) is 0 Å². The van der Waals surface area contributed by atoms with Gasteiger partial charge in [-0.15, -0.1) is 21.5 Å². The number of methoxy groups -OCH3 is 3. The molecule has 33 heavy (non-hydrogen) atoms. The van der Waals surface area contributed by atoms with E-state index >= 15 is 0 Å². The molecule has 2 heterocycles. The number of hydrogen-bond donors (Lipinski definition) is 0. The molecule has 0 atom stereocenters. The van der Waals surface area contributed by atoms with Crippen molar-refractivity contribution in [3.63, 3.8) is 0 Å². The monoisotopic (exact) mass is 485 g/mol. The quantitative estimate of drug-likeness (QED) is 0.274. The summed E-state index contributed by atoms with van der Waals surface area (Å²) in [4.78, 5) is 4.62. The zero-order valence-electron chi connectivity index (χ0n) is 18.7. The van der Waals surface area contributed by atoms with Gasteiger partial charge >= 0.3 is 0 Å². The molecular weight excluding hydrogens is 462 g/mol. The molecule has 0 N–H and O–H groups in total. The SMILES string of the molecule is COc1cc(-c2nnc(SCc3csc(COc4ccc(C)cc4)n3)o2)cc(OC)c1OC. The minimum absolute atomic E-state index is 0.363. The summed E-state index contributed by atoms with van der Waals surface area (Å²) in [7, 11) is 4.67. The number of thioether (sulfide) groups is 1. The van der Waals surface area contributed by atoms with Crippen LogP contribution in [-0.4, -0.2) is 36.5 Å². The van der Waals surface area contributed by atoms with Gasteiger partial charge in [-0.3, -0.25) is 0 Å². The summed E-state index contributed by atoms with van der Waals surface area (Å²) in [5, 5.41) is 11.7. The Morgan fingerprint density at radius 2 is 1.70 bits per heavy atom. The van der Waals surface area contributed by atoms with Crippen molar-refractivity contribution in [2.45, 2.75) is 24.5 Å². The van der Waals surface area contributed by atoms with Crippen LogP contribution in [0.2, 0.25) is 0 Å². The lowest BCUT2D eigenvalue weighted by atomic mass is 10.2. The molecule has 0 amide bonds. The van der Waals surface area contributed by atoms with Crippen LogP contribution in [0.3, 0.4) is 0 Å². The van der Waals surface area contributed by atoms with E-state index < -0.39 is 0 Å². The number of thiazole rings is 1. The summed E-state index contributed by atoms with van der Waals surface area (Å²) < 4.78 is 27.8. The van der Waals surface area contributed by atoms with Gasteiger partial charge < -0.3 is 23.4 Å². The standard InChI is InChI=1S/C23H23N3O5S2/c1-14-5-7-17(8-6-14)30-11-20-24-16(12-32-20)13-33-23-26-25-22(31-23)15-9-18(27-2)21(29-4)19(10-15)28-3/h5-10,12H,11,13H2,1-4H3. The number of hydrogen-bond acceptors (Lipinski definition) is 10. The van der Waals surface area contributed by atoms with Gasteiger partial charge in [0.15, 0.2) is 11.5 Å². The second kappa shape index (κ2) is 10.6. The first-order valence-corrected chi connectivity index (χ1v) is 11.9. The summed E-state index contributed by atoms with van der Waals surface area (Å²) >= 11 is 2.99. The Hall–Kier alpha value is -3.24. The van der Waals surface area contributed by atoms with Gasteiger partial charge in [-0.2, -0.15) is 0 Å². The molecule has 0 bridgehead atoms. The van der Waals surface area contributed by atoms with Gasteiger partial charge in [-0.25, -0.2) is 4.98 Å². The molecule has 2 aromatic carbocycles. The van der Waals surface area contributed by atoms with E-state index in [9.17, 15) is 0 Å². The summed E-state index contributed by atoms with van der Waals surface area (Å²) in [6.45, 7) is 2.48. The third kappa shape index (κ3) is 5.58. The summed E-state index contributed by atoms with van der Waals surface area (Å²) in [6, 6.07) is 11.5. The van der Waals surface area contributed by atoms with Crippen LogP contribution in [0.1, 0.15) is 16.3 Å². The predicted molar refractivity (Wildman–Crippen MR) is 127 cm³/mol. The van der Waals surface area contributed by atoms with Gasteiger partial charge in [0, 0.05) is 16.7 Å². The number of rotatable bonds is 10. The molecule has 10 heteroatoms. The number of nitrogens with zero attached hydrogens (tertiary/aromatic N) is 3. The number of aryl methyl sites for hydroxylation is 1. The number of benzene rings is 2. The zero-order chi connectivity index (χ0) is 23.2. The molecule has 4 aromatic rings. The number of ether oxygens (including phenoxy) is 4. The molecule has 0 saturated carbocycles. The highest BCUT2D eigenvalue weighted by atomic mass is 32.2. The van der Waals surface area contributed by atoms with Gasteiger partial charge in [-0.1, -0.05) is 29.5 Å². The Morgan fingerprint density at radius 3 is 2.36 bits per heavy atom. The fourth-order valence-electron chi connectivity index (χ4n) is 2.99. The smallest absolute Gasteiger partial charge is 0.277 e. The molecule has 0 fully saturated rings. The first-order valence-electron chi connectivity index (χ1n) is 9.99. The van der Waals surface area contributed by atoms with E-state index in [2.05, 4.69) is 15.2 Å². The molecule has 0 radical (unpaired) electrons. The van der Waals surface area contributed by atoms with Crippen molar-refractivity contribution < 1.29 is 23.4 Å². The van der Waals surface area contributed by atoms with Crippen LogP contribution in [-0.2, 0) is 12.4 Å². The Labute approximate surface area is 199 Å². The zero-order valence-corrected chi connectivity index (χ0v) is 20.3. The van der Waals surface area contributed by atoms with Crippen LogP contribution < -0.4 is 18.9 Å². The molecule has 2 aromatic heterocycles. The maximum absolute atomic E-state index is 5.83. The highest BCUT2D eigenvalue weighted by Crippen LogP contribution is 2.41. The van der Waals surface area contributed by atoms with Crippen molar-refractivity contribution in [2.24, 2.45) is 0 Å². The fourth-order valence-corrected chi connectivity index (χ4v) is 4.45. The van der Waals surface area contributed by atoms with Crippen LogP contribution in [0, 0.1) is 6.92 Å². The second-order valence-corrected chi connectivity index (χ2v) is 8.78. The molecule has 172 valence electrons. The van der Waals surface area contributed by atoms with Crippen molar-refractivity contribution in [3.05, 3.63) is 58.0 Å². The molecule has 0 aliphatic heterocycles. The summed E-state index contributed by atoms with van der Waals surface area (Å²) in [5.74, 6) is 3.34. The third-order valence-electron chi connectivity index (χ3n) is 4.64. The van der Waals surface area contributed by atoms with E-state index in [1.165, 1.54) is 17.3 Å². The minimum atomic E-state index is 0.363. The highest BCUT2D eigenvalue weighted by Gasteiger charge is 2.18. The molecule has 0 aliphatic rings. The van der Waals surface area contributed by atoms with E-state index in [1.807, 2.05) is 36.6 Å². The van der Waals surface area contributed by atoms with E-state index in [0.29, 0.717) is 46.3 Å². The average molecular weight is 486 g/mol. The first kappa shape index (κ1) is 22.9. The lowest BCUT2D eigenvalue weighted by molar-refractivity contribution is 0.305. The Balaban J connectivity index is 1.37. The van der Waals surface area contributed by atoms with Crippen molar-refractivity contribution >= 4 is 23.1 Å². The van der Waals surface area contributed by atoms with E-state index in [1.54, 1.807) is 44.8 Å². The van der Waals surface area contributed by atoms with Gasteiger partial charge in [0.2, 0.25) is 11.6 Å². The van der Waals surface area contributed by atoms with Crippen LogP contribution in [0.4, 0.5) is 0 Å². The van der Waals surface area contributed by atoms with Gasteiger partial charge in [0.05, 0.1) is 27.0 Å². The minimum Gasteiger partial charge on any atom is -0.493 e. The predicted octanol–water partition coefficient (Wildman–Crippen LogP) is 5.40. The third-order valence-corrected chi connectivity index (χ3v) is 6.37. The molecule has 0 saturated heterocycles. The van der Waals surface area contributed by atoms with Crippen molar-refractivity contribution in [3.8, 4) is 34.5 Å². The fraction of sp³-hybridized carbons (Fsp3) is 0.261. The normalized spacial score (nSPS) is 10.8. The van der Waals surface area contributed by atoms with Crippen LogP contribution in [0.5, 0.6) is 23.0 Å². The topological polar surface area (TPSA) is 88.7 Å². The average Bonchev–Trinajstić information content (AvgIpc) is 3.51. The van der Waals surface area contributed by atoms with Crippen LogP contribution in [0.15, 0.2) is 51.4 Å². The van der Waals surface area contributed by atoms with E-state index in [0.717, 1.165) is 16.5 Å². The highest BCUT2D eigenvalue weighted by molar-refractivity contribution is 7.98. The molecule has 4 rings (SSSR count). The van der Waals surface area contributed by atoms with E-state index in [4.69, 9.17) is 23.4 Å². The first-order chi connectivity index (χ1) is 16.1. The second-order valence-electron chi connectivity index (χ2n) is 6.91. The maximum atomic E-state index is 5.83. The lowest BCUT2D eigenvalue weighted by Gasteiger charge is -2.12. The van der Waals surface area contributed by atoms with Gasteiger partial charge in [0.25, 0.3) is 5.22 Å². The summed E-state index contributed by atoms with van der Waals surface area (Å²) in [5.41, 5.74) is 2.80. The van der Waals surface area contributed by atoms with Crippen LogP contribution in [0.25, 0.3) is 11.5 Å². The molecule has 8 nitrogen and oxygen atoms in total. The molecule has 0 aliphatic carbocycles. The molecule has 0 unspecified atom stereocenters. The molecule has 0 spiro atoms. The maximum Gasteiger partial charge on any atom is 0.277 e. The van der Waals surface area contributed by atoms with Crippen molar-refractivity contribution in [1.82, 2.24) is 15.2 Å². The van der Waals surface area contributed by atoms with Gasteiger partial charge in [-0.05, 0) is 31.2 Å². The Bertz CT molecular complexity index is 1180. The van der Waals surface area contributed by atoms with Crippen LogP contribution >= 0.6 is 23.1 Å². The summed E-state index contributed by atoms with van der Waals surface area (Å²) in [6.07, 6.45) is 0. The van der Waals surface area contributed by atoms with Crippen molar-refractivity contribution in [2.75, 3.05) is 21.3 Å². The lowest BCUT2D eigenvalue weighted by Crippen LogP contribution is -1.95. The Kier molecular flexibility index (Phi) is 7.36. The van der Waals surface area contributed by atoms with Gasteiger partial charge in [0.1, 0.15) is 17.4 Å². The molecular formula is C23H23N3O5S2. The van der Waals surface area contributed by atoms with E-state index in [-0.39, 0.29) is 0 Å². The Morgan fingerprint density at radius 1 is 0.970 bits per heavy atom. The number of aromatic nitrogens is 3.